The number of furan rings is 1. The van der Waals surface area contributed by atoms with Crippen LogP contribution in [0.15, 0.2) is 63.8 Å². The zero-order valence-corrected chi connectivity index (χ0v) is 21.6. The maximum atomic E-state index is 12.4. The highest BCUT2D eigenvalue weighted by molar-refractivity contribution is 9.07. The highest BCUT2D eigenvalue weighted by Gasteiger charge is 2.39. The van der Waals surface area contributed by atoms with Crippen LogP contribution in [0.1, 0.15) is 43.1 Å². The molecule has 1 aliphatic rings. The van der Waals surface area contributed by atoms with Gasteiger partial charge in [0.1, 0.15) is 28.4 Å². The maximum Gasteiger partial charge on any atom is 0.338 e. The Kier molecular flexibility index (Phi) is 7.33. The Morgan fingerprint density at radius 2 is 2.00 bits per heavy atom. The fraction of sp³-hybridized carbons (Fsp3) is 0.308. The second-order valence-corrected chi connectivity index (χ2v) is 9.40. The van der Waals surface area contributed by atoms with E-state index in [9.17, 15) is 9.59 Å². The largest absolute Gasteiger partial charge is 0.462 e. The lowest BCUT2D eigenvalue weighted by molar-refractivity contribution is -0.106. The number of carbonyl (C=O) groups is 2. The first-order chi connectivity index (χ1) is 16.4. The van der Waals surface area contributed by atoms with Crippen LogP contribution < -0.4 is 0 Å². The van der Waals surface area contributed by atoms with E-state index in [0.29, 0.717) is 46.5 Å². The molecule has 2 unspecified atom stereocenters. The van der Waals surface area contributed by atoms with Crippen molar-refractivity contribution in [3.63, 3.8) is 0 Å². The smallest absolute Gasteiger partial charge is 0.338 e. The maximum absolute atomic E-state index is 12.4. The van der Waals surface area contributed by atoms with Crippen molar-refractivity contribution < 1.29 is 18.7 Å². The van der Waals surface area contributed by atoms with Crippen LogP contribution in [0.3, 0.4) is 0 Å². The number of nitrogens with zero attached hydrogens (tertiary/aromatic N) is 2. The first-order valence-electron chi connectivity index (χ1n) is 11.2. The monoisotopic (exact) mass is 544 g/mol. The van der Waals surface area contributed by atoms with E-state index in [2.05, 4.69) is 30.0 Å². The van der Waals surface area contributed by atoms with Gasteiger partial charge in [0.15, 0.2) is 6.29 Å². The van der Waals surface area contributed by atoms with E-state index in [1.165, 1.54) is 0 Å². The lowest BCUT2D eigenvalue weighted by Gasteiger charge is -2.34. The summed E-state index contributed by atoms with van der Waals surface area (Å²) in [4.78, 5) is 26.3. The average molecular weight is 546 g/mol. The molecule has 8 heteroatoms. The predicted molar refractivity (Wildman–Crippen MR) is 136 cm³/mol. The van der Waals surface area contributed by atoms with Crippen molar-refractivity contribution >= 4 is 51.0 Å². The second kappa shape index (κ2) is 10.2. The quantitative estimate of drug-likeness (QED) is 0.136. The Bertz CT molecular complexity index is 1250. The van der Waals surface area contributed by atoms with Gasteiger partial charge < -0.3 is 14.1 Å². The molecule has 178 valence electrons. The second-order valence-electron chi connectivity index (χ2n) is 8.28. The highest BCUT2D eigenvalue weighted by atomic mass is 79.9. The van der Waals surface area contributed by atoms with E-state index in [0.717, 1.165) is 23.7 Å². The topological polar surface area (TPSA) is 63.0 Å². The van der Waals surface area contributed by atoms with Crippen molar-refractivity contribution in [1.29, 1.82) is 0 Å². The van der Waals surface area contributed by atoms with Gasteiger partial charge in [0.05, 0.1) is 28.3 Å². The lowest BCUT2D eigenvalue weighted by atomic mass is 10.0. The van der Waals surface area contributed by atoms with Gasteiger partial charge in [-0.1, -0.05) is 49.7 Å². The molecule has 0 saturated heterocycles. The van der Waals surface area contributed by atoms with Crippen molar-refractivity contribution in [3.8, 4) is 11.3 Å². The van der Waals surface area contributed by atoms with Crippen molar-refractivity contribution in [2.45, 2.75) is 39.9 Å². The molecule has 0 saturated carbocycles. The molecular formula is C26H26BrClN2O4. The molecule has 0 bridgehead atoms. The number of fused-ring (bicyclic) bond motifs is 1. The average Bonchev–Trinajstić information content (AvgIpc) is 3.37. The number of hydrogen-bond donors (Lipinski definition) is 0. The Hall–Kier alpha value is -2.77. The molecule has 0 radical (unpaired) electrons. The summed E-state index contributed by atoms with van der Waals surface area (Å²) >= 11 is 9.98. The zero-order valence-electron chi connectivity index (χ0n) is 19.3. The van der Waals surface area contributed by atoms with Gasteiger partial charge in [-0.15, -0.1) is 0 Å². The molecule has 1 aliphatic heterocycles. The number of rotatable bonds is 8. The van der Waals surface area contributed by atoms with Gasteiger partial charge in [-0.3, -0.25) is 8.72 Å². The minimum Gasteiger partial charge on any atom is -0.462 e. The number of allylic oxidation sites excluding steroid dienone is 1. The van der Waals surface area contributed by atoms with Crippen LogP contribution in [0, 0.1) is 5.92 Å². The first-order valence-corrected chi connectivity index (χ1v) is 12.3. The van der Waals surface area contributed by atoms with E-state index in [4.69, 9.17) is 20.8 Å². The third-order valence-electron chi connectivity index (χ3n) is 6.15. The minimum absolute atomic E-state index is 0.0789. The zero-order chi connectivity index (χ0) is 24.4. The van der Waals surface area contributed by atoms with Crippen LogP contribution >= 0.6 is 27.7 Å². The van der Waals surface area contributed by atoms with E-state index in [1.54, 1.807) is 23.0 Å². The Morgan fingerprint density at radius 3 is 2.71 bits per heavy atom. The molecule has 0 amide bonds. The Morgan fingerprint density at radius 1 is 1.24 bits per heavy atom. The van der Waals surface area contributed by atoms with Crippen LogP contribution in [0.5, 0.6) is 0 Å². The van der Waals surface area contributed by atoms with Gasteiger partial charge in [-0.25, -0.2) is 4.79 Å². The predicted octanol–water partition coefficient (Wildman–Crippen LogP) is 6.68. The summed E-state index contributed by atoms with van der Waals surface area (Å²) < 4.78 is 13.1. The minimum atomic E-state index is -0.381. The number of aldehydes is 1. The van der Waals surface area contributed by atoms with Gasteiger partial charge in [0.25, 0.3) is 0 Å². The molecular weight excluding hydrogens is 520 g/mol. The Labute approximate surface area is 212 Å². The van der Waals surface area contributed by atoms with Gasteiger partial charge in [-0.2, -0.15) is 0 Å². The molecule has 0 spiro atoms. The number of halogens is 2. The van der Waals surface area contributed by atoms with Crippen molar-refractivity contribution in [1.82, 2.24) is 8.83 Å². The standard InChI is InChI=1S/C26H26BrClN2O4/c1-4-16(3)25-29(21(15-31)24(28)30(25)27)14-17-10-11-22-18(12-17)13-23(34-22)19-8-6-7-9-20(19)26(32)33-5-2/h6-13,15-16,25H,4-5,14H2,1-3H3. The van der Waals surface area contributed by atoms with Gasteiger partial charge in [0, 0.05) is 17.5 Å². The fourth-order valence-corrected chi connectivity index (χ4v) is 5.31. The summed E-state index contributed by atoms with van der Waals surface area (Å²) in [6.45, 7) is 6.85. The molecule has 4 rings (SSSR count). The molecule has 2 aromatic carbocycles. The summed E-state index contributed by atoms with van der Waals surface area (Å²) in [5.41, 5.74) is 3.33. The molecule has 0 N–H and O–H groups in total. The van der Waals surface area contributed by atoms with Gasteiger partial charge in [0.2, 0.25) is 0 Å². The Balaban J connectivity index is 1.67. The highest BCUT2D eigenvalue weighted by Crippen LogP contribution is 2.39. The molecule has 2 atom stereocenters. The molecule has 2 heterocycles. The first kappa shape index (κ1) is 24.4. The van der Waals surface area contributed by atoms with Crippen molar-refractivity contribution in [3.05, 3.63) is 70.5 Å². The summed E-state index contributed by atoms with van der Waals surface area (Å²) in [5.74, 6) is 0.487. The molecule has 0 fully saturated rings. The summed E-state index contributed by atoms with van der Waals surface area (Å²) in [6.07, 6.45) is 1.66. The van der Waals surface area contributed by atoms with Crippen molar-refractivity contribution in [2.24, 2.45) is 5.92 Å². The van der Waals surface area contributed by atoms with Crippen LogP contribution in [-0.2, 0) is 16.1 Å². The van der Waals surface area contributed by atoms with E-state index in [1.807, 2.05) is 41.3 Å². The summed E-state index contributed by atoms with van der Waals surface area (Å²) in [5, 5.41) is 1.30. The molecule has 6 nitrogen and oxygen atoms in total. The fourth-order valence-electron chi connectivity index (χ4n) is 4.25. The number of carbonyl (C=O) groups excluding carboxylic acids is 2. The van der Waals surface area contributed by atoms with Crippen LogP contribution in [0.4, 0.5) is 0 Å². The number of ether oxygens (including phenoxy) is 1. The van der Waals surface area contributed by atoms with Crippen LogP contribution in [-0.4, -0.2) is 33.9 Å². The van der Waals surface area contributed by atoms with Crippen molar-refractivity contribution in [2.75, 3.05) is 6.61 Å². The van der Waals surface area contributed by atoms with E-state index >= 15 is 0 Å². The summed E-state index contributed by atoms with van der Waals surface area (Å²) in [7, 11) is 0. The molecule has 0 aliphatic carbocycles. The summed E-state index contributed by atoms with van der Waals surface area (Å²) in [6, 6.07) is 15.1. The molecule has 34 heavy (non-hydrogen) atoms. The lowest BCUT2D eigenvalue weighted by Crippen LogP contribution is -2.40. The number of hydrogen-bond acceptors (Lipinski definition) is 6. The SMILES string of the molecule is CCOC(=O)c1ccccc1-c1cc2cc(CN3C(C=O)=C(Cl)N(Br)C3C(C)CC)ccc2o1. The number of benzene rings is 2. The van der Waals surface area contributed by atoms with Crippen LogP contribution in [0.25, 0.3) is 22.3 Å². The normalized spacial score (nSPS) is 16.9. The molecule has 3 aromatic rings. The third kappa shape index (κ3) is 4.46. The third-order valence-corrected chi connectivity index (χ3v) is 7.50. The molecule has 1 aromatic heterocycles. The van der Waals surface area contributed by atoms with Gasteiger partial charge >= 0.3 is 5.97 Å². The number of esters is 1. The van der Waals surface area contributed by atoms with E-state index < -0.39 is 0 Å². The van der Waals surface area contributed by atoms with E-state index in [-0.39, 0.29) is 18.1 Å². The van der Waals surface area contributed by atoms with Crippen LogP contribution in [0.2, 0.25) is 0 Å². The van der Waals surface area contributed by atoms with Gasteiger partial charge in [-0.05, 0) is 49.1 Å².